The predicted octanol–water partition coefficient (Wildman–Crippen LogP) is 9.35. The molecular formula is C37H11BBr2F20N2. The zero-order chi connectivity index (χ0) is 46.4. The van der Waals surface area contributed by atoms with E-state index in [2.05, 4.69) is 53.5 Å². The van der Waals surface area contributed by atoms with Crippen molar-refractivity contribution in [1.82, 2.24) is 4.98 Å². The van der Waals surface area contributed by atoms with Crippen molar-refractivity contribution in [3.8, 4) is 0 Å². The molecule has 2 nitrogen and oxygen atoms in total. The molecule has 0 amide bonds. The van der Waals surface area contributed by atoms with Gasteiger partial charge in [-0.05, 0) is 31.9 Å². The summed E-state index contributed by atoms with van der Waals surface area (Å²) < 4.78 is 297. The minimum atomic E-state index is -7.22. The van der Waals surface area contributed by atoms with Gasteiger partial charge in [-0.15, -0.1) is 21.9 Å². The monoisotopic (exact) mass is 1030 g/mol. The minimum Gasteiger partial charge on any atom is -0.252 e. The summed E-state index contributed by atoms with van der Waals surface area (Å²) in [6, 6.07) is 10.4. The average Bonchev–Trinajstić information content (AvgIpc) is 3.24. The van der Waals surface area contributed by atoms with E-state index in [9.17, 15) is 52.7 Å². The van der Waals surface area contributed by atoms with E-state index in [1.165, 1.54) is 5.56 Å². The van der Waals surface area contributed by atoms with Crippen LogP contribution in [-0.4, -0.2) is 11.1 Å². The van der Waals surface area contributed by atoms with Crippen LogP contribution in [-0.2, 0) is 6.54 Å². The maximum atomic E-state index is 15.4. The summed E-state index contributed by atoms with van der Waals surface area (Å²) in [5, 5.41) is 0. The van der Waals surface area contributed by atoms with E-state index in [4.69, 9.17) is 0 Å². The summed E-state index contributed by atoms with van der Waals surface area (Å²) >= 11 is 6.73. The van der Waals surface area contributed by atoms with Gasteiger partial charge in [0.15, 0.2) is 82.5 Å². The molecule has 326 valence electrons. The Labute approximate surface area is 348 Å². The lowest BCUT2D eigenvalue weighted by Crippen LogP contribution is -2.81. The van der Waals surface area contributed by atoms with Crippen molar-refractivity contribution in [3.05, 3.63) is 180 Å². The van der Waals surface area contributed by atoms with Gasteiger partial charge in [0.05, 0.1) is 15.8 Å². The number of aromatic nitrogens is 2. The summed E-state index contributed by atoms with van der Waals surface area (Å²) in [4.78, 5) is 4.13. The molecule has 25 heteroatoms. The number of benzene rings is 5. The highest BCUT2D eigenvalue weighted by Crippen LogP contribution is 2.31. The van der Waals surface area contributed by atoms with Gasteiger partial charge in [-0.3, -0.25) is 4.98 Å². The number of rotatable bonds is 7. The highest BCUT2D eigenvalue weighted by atomic mass is 79.9. The maximum absolute atomic E-state index is 15.4. The van der Waals surface area contributed by atoms with Crippen LogP contribution in [0, 0.1) is 116 Å². The second kappa shape index (κ2) is 18.1. The zero-order valence-electron chi connectivity index (χ0n) is 29.2. The first-order valence-corrected chi connectivity index (χ1v) is 17.7. The van der Waals surface area contributed by atoms with Gasteiger partial charge in [-0.2, -0.15) is 4.57 Å². The fourth-order valence-electron chi connectivity index (χ4n) is 6.43. The average molecular weight is 1030 g/mol. The van der Waals surface area contributed by atoms with Crippen molar-refractivity contribution in [2.45, 2.75) is 6.54 Å². The van der Waals surface area contributed by atoms with Gasteiger partial charge in [0.1, 0.15) is 52.7 Å². The summed E-state index contributed by atoms with van der Waals surface area (Å²) in [6.07, 6.45) is 0.372. The van der Waals surface area contributed by atoms with Gasteiger partial charge in [0.2, 0.25) is 5.69 Å². The fourth-order valence-corrected chi connectivity index (χ4v) is 6.90. The molecule has 0 aliphatic rings. The van der Waals surface area contributed by atoms with Gasteiger partial charge in [0.25, 0.3) is 0 Å². The Morgan fingerprint density at radius 1 is 0.435 bits per heavy atom. The molecular weight excluding hydrogens is 1020 g/mol. The maximum Gasteiger partial charge on any atom is 0.225 e. The Morgan fingerprint density at radius 2 is 0.710 bits per heavy atom. The van der Waals surface area contributed by atoms with Crippen LogP contribution in [0.15, 0.2) is 52.3 Å². The van der Waals surface area contributed by atoms with Crippen LogP contribution in [0.1, 0.15) is 11.3 Å². The lowest BCUT2D eigenvalue weighted by molar-refractivity contribution is -0.690. The van der Waals surface area contributed by atoms with Gasteiger partial charge in [0, 0.05) is 11.6 Å². The van der Waals surface area contributed by atoms with E-state index < -0.39 is 144 Å². The normalized spacial score (nSPS) is 11.5. The van der Waals surface area contributed by atoms with Gasteiger partial charge >= 0.3 is 0 Å². The summed E-state index contributed by atoms with van der Waals surface area (Å²) in [7, 11) is 0. The van der Waals surface area contributed by atoms with E-state index in [1.807, 2.05) is 36.7 Å². The standard InChI is InChI=1S/C24BF20.C13H11Br2N2/c26-5-1(6(27)14(35)21(42)13(5)34)25(2-7(28)15(36)22(43)16(37)8(2)29,3-9(30)17(38)23(44)18(39)10(3)31)4-11(32)19(40)24(45)20(41)12(4)33;14-13(15)8-12-9-16-6-7-17(12)10-11-4-2-1-3-5-11/h;1-9H,10H2/q-1;+1. The second-order valence-corrected chi connectivity index (χ2v) is 15.1. The minimum absolute atomic E-state index is 0.836. The molecule has 0 spiro atoms. The predicted molar refractivity (Wildman–Crippen MR) is 185 cm³/mol. The van der Waals surface area contributed by atoms with Crippen LogP contribution in [0.3, 0.4) is 0 Å². The third kappa shape index (κ3) is 7.81. The van der Waals surface area contributed by atoms with Gasteiger partial charge in [-0.1, -0.05) is 30.3 Å². The quantitative estimate of drug-likeness (QED) is 0.0513. The van der Waals surface area contributed by atoms with E-state index in [1.54, 1.807) is 6.20 Å². The van der Waals surface area contributed by atoms with E-state index >= 15 is 35.1 Å². The van der Waals surface area contributed by atoms with Crippen LogP contribution in [0.25, 0.3) is 6.08 Å². The Bertz CT molecular complexity index is 2420. The van der Waals surface area contributed by atoms with Crippen molar-refractivity contribution >= 4 is 65.9 Å². The summed E-state index contributed by atoms with van der Waals surface area (Å²) in [6.45, 7) is 0.836. The lowest BCUT2D eigenvalue weighted by atomic mass is 9.12. The molecule has 0 aliphatic carbocycles. The first-order chi connectivity index (χ1) is 29.0. The Balaban J connectivity index is 0.000000355. The molecule has 1 aromatic heterocycles. The van der Waals surface area contributed by atoms with E-state index in [0.29, 0.717) is 0 Å². The molecule has 0 saturated heterocycles. The molecule has 0 aliphatic heterocycles. The molecule has 1 heterocycles. The van der Waals surface area contributed by atoms with Crippen molar-refractivity contribution in [2.24, 2.45) is 0 Å². The molecule has 0 bridgehead atoms. The third-order valence-corrected chi connectivity index (χ3v) is 9.49. The molecule has 0 unspecified atom stereocenters. The first-order valence-electron chi connectivity index (χ1n) is 16.1. The van der Waals surface area contributed by atoms with Gasteiger partial charge < -0.3 is 0 Å². The molecule has 0 saturated carbocycles. The van der Waals surface area contributed by atoms with E-state index in [-0.39, 0.29) is 0 Å². The fraction of sp³-hybridized carbons (Fsp3) is 0.0270. The van der Waals surface area contributed by atoms with Crippen LogP contribution in [0.4, 0.5) is 87.8 Å². The Hall–Kier alpha value is -5.46. The largest absolute Gasteiger partial charge is 0.252 e. The number of hydrogen-bond donors (Lipinski definition) is 0. The molecule has 62 heavy (non-hydrogen) atoms. The molecule has 6 rings (SSSR count). The van der Waals surface area contributed by atoms with Crippen molar-refractivity contribution < 1.29 is 92.4 Å². The topological polar surface area (TPSA) is 16.8 Å². The first kappa shape index (κ1) is 47.6. The summed E-state index contributed by atoms with van der Waals surface area (Å²) in [5.41, 5.74) is -12.0. The van der Waals surface area contributed by atoms with Crippen molar-refractivity contribution in [3.63, 3.8) is 0 Å². The van der Waals surface area contributed by atoms with Crippen LogP contribution >= 0.6 is 31.9 Å². The summed E-state index contributed by atoms with van der Waals surface area (Å²) in [5.74, 6) is -71.4. The SMILES string of the molecule is BrC(Br)=Cc1cncc[n+]1Cc1ccccc1.Fc1c(F)c(F)c([B-](c2c(F)c(F)c(F)c(F)c2F)(c2c(F)c(F)c(F)c(F)c2F)c2c(F)c(F)c(F)c(F)c2F)c(F)c1F. The lowest BCUT2D eigenvalue weighted by Gasteiger charge is -2.44. The third-order valence-electron chi connectivity index (χ3n) is 9.03. The number of hydrogen-bond acceptors (Lipinski definition) is 1. The Morgan fingerprint density at radius 3 is 0.984 bits per heavy atom. The van der Waals surface area contributed by atoms with Gasteiger partial charge in [-0.25, -0.2) is 87.8 Å². The van der Waals surface area contributed by atoms with Crippen LogP contribution < -0.4 is 26.4 Å². The molecule has 0 radical (unpaired) electrons. The van der Waals surface area contributed by atoms with Crippen LogP contribution in [0.5, 0.6) is 0 Å². The zero-order valence-corrected chi connectivity index (χ0v) is 32.4. The molecule has 6 aromatic rings. The van der Waals surface area contributed by atoms with Crippen molar-refractivity contribution in [1.29, 1.82) is 0 Å². The molecule has 0 N–H and O–H groups in total. The molecule has 5 aromatic carbocycles. The van der Waals surface area contributed by atoms with Crippen LogP contribution in [0.2, 0.25) is 0 Å². The number of halogens is 22. The molecule has 0 fully saturated rings. The second-order valence-electron chi connectivity index (χ2n) is 12.3. The number of nitrogens with zero attached hydrogens (tertiary/aromatic N) is 2. The smallest absolute Gasteiger partial charge is 0.225 e. The van der Waals surface area contributed by atoms with E-state index in [0.717, 1.165) is 15.6 Å². The highest BCUT2D eigenvalue weighted by molar-refractivity contribution is 9.28. The Kier molecular flexibility index (Phi) is 13.9. The highest BCUT2D eigenvalue weighted by Gasteiger charge is 2.52. The molecule has 0 atom stereocenters. The van der Waals surface area contributed by atoms with Crippen molar-refractivity contribution in [2.75, 3.05) is 0 Å².